The SMILES string of the molecule is O=C(COC(=O)c1ccccc1[N+](=O)[O-])Nc1ccc2c(c1)OCCO2. The van der Waals surface area contributed by atoms with Gasteiger partial charge in [0.25, 0.3) is 11.6 Å². The largest absolute Gasteiger partial charge is 0.486 e. The Morgan fingerprint density at radius 1 is 1.12 bits per heavy atom. The smallest absolute Gasteiger partial charge is 0.345 e. The Labute approximate surface area is 147 Å². The van der Waals surface area contributed by atoms with Crippen LogP contribution < -0.4 is 14.8 Å². The summed E-state index contributed by atoms with van der Waals surface area (Å²) in [5, 5.41) is 13.5. The summed E-state index contributed by atoms with van der Waals surface area (Å²) in [5.74, 6) is -0.453. The Morgan fingerprint density at radius 2 is 1.85 bits per heavy atom. The molecule has 1 heterocycles. The molecule has 0 atom stereocenters. The molecule has 2 aromatic rings. The van der Waals surface area contributed by atoms with Crippen LogP contribution in [0.5, 0.6) is 11.5 Å². The molecule has 0 aliphatic carbocycles. The summed E-state index contributed by atoms with van der Waals surface area (Å²) in [5.41, 5.74) is -0.157. The van der Waals surface area contributed by atoms with E-state index in [1.54, 1.807) is 18.2 Å². The molecule has 0 unspecified atom stereocenters. The summed E-state index contributed by atoms with van der Waals surface area (Å²) in [6.45, 7) is 0.289. The molecule has 1 amide bonds. The lowest BCUT2D eigenvalue weighted by molar-refractivity contribution is -0.385. The second-order valence-electron chi connectivity index (χ2n) is 5.26. The number of nitro benzene ring substituents is 1. The van der Waals surface area contributed by atoms with E-state index < -0.39 is 23.4 Å². The molecule has 1 N–H and O–H groups in total. The van der Waals surface area contributed by atoms with E-state index in [1.807, 2.05) is 0 Å². The number of hydrogen-bond donors (Lipinski definition) is 1. The lowest BCUT2D eigenvalue weighted by Gasteiger charge is -2.19. The first-order valence-corrected chi connectivity index (χ1v) is 7.64. The fraction of sp³-hybridized carbons (Fsp3) is 0.176. The Kier molecular flexibility index (Phi) is 4.97. The minimum Gasteiger partial charge on any atom is -0.486 e. The monoisotopic (exact) mass is 358 g/mol. The van der Waals surface area contributed by atoms with Gasteiger partial charge in [0.15, 0.2) is 18.1 Å². The quantitative estimate of drug-likeness (QED) is 0.494. The Hall–Kier alpha value is -3.62. The van der Waals surface area contributed by atoms with E-state index in [0.29, 0.717) is 30.4 Å². The lowest BCUT2D eigenvalue weighted by Crippen LogP contribution is -2.21. The van der Waals surface area contributed by atoms with Crippen molar-refractivity contribution in [2.45, 2.75) is 0 Å². The van der Waals surface area contributed by atoms with E-state index in [1.165, 1.54) is 24.3 Å². The molecule has 2 aromatic carbocycles. The molecule has 0 aromatic heterocycles. The van der Waals surface area contributed by atoms with Crippen LogP contribution in [-0.2, 0) is 9.53 Å². The predicted octanol–water partition coefficient (Wildman–Crippen LogP) is 2.16. The number of amides is 1. The molecule has 1 aliphatic rings. The highest BCUT2D eigenvalue weighted by Crippen LogP contribution is 2.32. The number of fused-ring (bicyclic) bond motifs is 1. The van der Waals surface area contributed by atoms with E-state index in [9.17, 15) is 19.7 Å². The summed E-state index contributed by atoms with van der Waals surface area (Å²) >= 11 is 0. The topological polar surface area (TPSA) is 117 Å². The average molecular weight is 358 g/mol. The third-order valence-electron chi connectivity index (χ3n) is 3.48. The van der Waals surface area contributed by atoms with E-state index in [2.05, 4.69) is 5.32 Å². The maximum atomic E-state index is 12.0. The molecule has 0 saturated heterocycles. The fourth-order valence-corrected chi connectivity index (χ4v) is 2.33. The van der Waals surface area contributed by atoms with Gasteiger partial charge in [0.2, 0.25) is 0 Å². The first-order chi connectivity index (χ1) is 12.5. The second kappa shape index (κ2) is 7.51. The van der Waals surface area contributed by atoms with Gasteiger partial charge in [-0.05, 0) is 18.2 Å². The zero-order valence-corrected chi connectivity index (χ0v) is 13.5. The molecular weight excluding hydrogens is 344 g/mol. The second-order valence-corrected chi connectivity index (χ2v) is 5.26. The number of carbonyl (C=O) groups excluding carboxylic acids is 2. The number of esters is 1. The van der Waals surface area contributed by atoms with E-state index in [-0.39, 0.29) is 11.3 Å². The number of benzene rings is 2. The van der Waals surface area contributed by atoms with Crippen LogP contribution in [0, 0.1) is 10.1 Å². The van der Waals surface area contributed by atoms with Crippen molar-refractivity contribution in [3.05, 3.63) is 58.1 Å². The molecule has 1 aliphatic heterocycles. The van der Waals surface area contributed by atoms with Crippen molar-refractivity contribution in [3.63, 3.8) is 0 Å². The highest BCUT2D eigenvalue weighted by molar-refractivity contribution is 5.97. The Balaban J connectivity index is 1.59. The molecule has 134 valence electrons. The highest BCUT2D eigenvalue weighted by atomic mass is 16.6. The first-order valence-electron chi connectivity index (χ1n) is 7.64. The molecule has 9 nitrogen and oxygen atoms in total. The standard InChI is InChI=1S/C17H14N2O7/c20-16(18-11-5-6-14-15(9-11)25-8-7-24-14)10-26-17(21)12-3-1-2-4-13(12)19(22)23/h1-6,9H,7-8,10H2,(H,18,20). The molecule has 3 rings (SSSR count). The highest BCUT2D eigenvalue weighted by Gasteiger charge is 2.21. The van der Waals surface area contributed by atoms with Gasteiger partial charge in [-0.2, -0.15) is 0 Å². The molecular formula is C17H14N2O7. The number of nitrogens with zero attached hydrogens (tertiary/aromatic N) is 1. The van der Waals surface area contributed by atoms with Crippen molar-refractivity contribution in [2.75, 3.05) is 25.1 Å². The van der Waals surface area contributed by atoms with E-state index >= 15 is 0 Å². The van der Waals surface area contributed by atoms with Gasteiger partial charge in [-0.3, -0.25) is 14.9 Å². The van der Waals surface area contributed by atoms with Gasteiger partial charge < -0.3 is 19.5 Å². The molecule has 0 radical (unpaired) electrons. The van der Waals surface area contributed by atoms with Crippen molar-refractivity contribution in [1.29, 1.82) is 0 Å². The minimum atomic E-state index is -0.949. The van der Waals surface area contributed by atoms with Crippen LogP contribution >= 0.6 is 0 Å². The number of hydrogen-bond acceptors (Lipinski definition) is 7. The number of para-hydroxylation sites is 1. The van der Waals surface area contributed by atoms with Gasteiger partial charge in [-0.15, -0.1) is 0 Å². The number of rotatable bonds is 5. The van der Waals surface area contributed by atoms with Crippen molar-refractivity contribution in [3.8, 4) is 11.5 Å². The van der Waals surface area contributed by atoms with Gasteiger partial charge in [0.05, 0.1) is 4.92 Å². The van der Waals surface area contributed by atoms with E-state index in [4.69, 9.17) is 14.2 Å². The van der Waals surface area contributed by atoms with Gasteiger partial charge in [-0.1, -0.05) is 12.1 Å². The predicted molar refractivity (Wildman–Crippen MR) is 89.4 cm³/mol. The summed E-state index contributed by atoms with van der Waals surface area (Å²) in [6, 6.07) is 10.2. The normalized spacial score (nSPS) is 12.2. The third-order valence-corrected chi connectivity index (χ3v) is 3.48. The maximum Gasteiger partial charge on any atom is 0.345 e. The number of anilines is 1. The average Bonchev–Trinajstić information content (AvgIpc) is 2.66. The van der Waals surface area contributed by atoms with Crippen LogP contribution in [0.2, 0.25) is 0 Å². The van der Waals surface area contributed by atoms with Gasteiger partial charge >= 0.3 is 5.97 Å². The summed E-state index contributed by atoms with van der Waals surface area (Å²) < 4.78 is 15.6. The number of ether oxygens (including phenoxy) is 3. The third kappa shape index (κ3) is 3.89. The van der Waals surface area contributed by atoms with Crippen LogP contribution in [0.1, 0.15) is 10.4 Å². The molecule has 0 fully saturated rings. The summed E-state index contributed by atoms with van der Waals surface area (Å²) in [6.07, 6.45) is 0. The Bertz CT molecular complexity index is 866. The van der Waals surface area contributed by atoms with Crippen molar-refractivity contribution in [1.82, 2.24) is 0 Å². The van der Waals surface area contributed by atoms with Crippen LogP contribution in [0.4, 0.5) is 11.4 Å². The van der Waals surface area contributed by atoms with Crippen molar-refractivity contribution in [2.24, 2.45) is 0 Å². The maximum absolute atomic E-state index is 12.0. The first kappa shape index (κ1) is 17.2. The molecule has 0 bridgehead atoms. The zero-order chi connectivity index (χ0) is 18.5. The van der Waals surface area contributed by atoms with Crippen LogP contribution in [0.15, 0.2) is 42.5 Å². The van der Waals surface area contributed by atoms with Crippen LogP contribution in [0.3, 0.4) is 0 Å². The Morgan fingerprint density at radius 3 is 2.62 bits per heavy atom. The van der Waals surface area contributed by atoms with Gasteiger partial charge in [-0.25, -0.2) is 4.79 Å². The molecule has 26 heavy (non-hydrogen) atoms. The molecule has 0 spiro atoms. The fourth-order valence-electron chi connectivity index (χ4n) is 2.33. The molecule has 9 heteroatoms. The van der Waals surface area contributed by atoms with Gasteiger partial charge in [0.1, 0.15) is 18.8 Å². The molecule has 0 saturated carbocycles. The number of nitro groups is 1. The van der Waals surface area contributed by atoms with Crippen molar-refractivity contribution < 1.29 is 28.7 Å². The summed E-state index contributed by atoms with van der Waals surface area (Å²) in [7, 11) is 0. The lowest BCUT2D eigenvalue weighted by atomic mass is 10.2. The zero-order valence-electron chi connectivity index (χ0n) is 13.5. The minimum absolute atomic E-state index is 0.218. The van der Waals surface area contributed by atoms with Crippen LogP contribution in [0.25, 0.3) is 0 Å². The van der Waals surface area contributed by atoms with Crippen molar-refractivity contribution >= 4 is 23.3 Å². The van der Waals surface area contributed by atoms with Gasteiger partial charge in [0, 0.05) is 17.8 Å². The number of carbonyl (C=O) groups is 2. The van der Waals surface area contributed by atoms with E-state index in [0.717, 1.165) is 0 Å². The van der Waals surface area contributed by atoms with Crippen LogP contribution in [-0.4, -0.2) is 36.6 Å². The summed E-state index contributed by atoms with van der Waals surface area (Å²) in [4.78, 5) is 34.1. The number of nitrogens with one attached hydrogen (secondary N) is 1.